The minimum atomic E-state index is -0.133. The van der Waals surface area contributed by atoms with Crippen LogP contribution < -0.4 is 0 Å². The van der Waals surface area contributed by atoms with Gasteiger partial charge < -0.3 is 10.2 Å². The van der Waals surface area contributed by atoms with Gasteiger partial charge in [0.2, 0.25) is 0 Å². The van der Waals surface area contributed by atoms with E-state index in [2.05, 4.69) is 40.7 Å². The standard InChI is InChI=1S/C27H46O2/c1-17(2)6-11-25(29)18(3)22-9-10-23-21-8-7-19-16-20(28)12-14-26(19,4)24(21)13-15-27(22,23)5/h7,17-18,20-25,28-29H,6,8-16H2,1-5H3/t18-,20-,21?,22?,23?,24?,25-,26-,27+/m0/s1. The summed E-state index contributed by atoms with van der Waals surface area (Å²) in [6, 6.07) is 0. The molecule has 0 heterocycles. The quantitative estimate of drug-likeness (QED) is 0.525. The highest BCUT2D eigenvalue weighted by Gasteiger charge is 2.59. The molecule has 0 aromatic carbocycles. The average Bonchev–Trinajstić information content (AvgIpc) is 3.03. The first-order valence-corrected chi connectivity index (χ1v) is 12.7. The van der Waals surface area contributed by atoms with Crippen molar-refractivity contribution in [2.75, 3.05) is 0 Å². The topological polar surface area (TPSA) is 40.5 Å². The van der Waals surface area contributed by atoms with Crippen molar-refractivity contribution in [2.45, 2.75) is 111 Å². The van der Waals surface area contributed by atoms with Crippen LogP contribution in [-0.4, -0.2) is 22.4 Å². The summed E-state index contributed by atoms with van der Waals surface area (Å²) in [7, 11) is 0. The highest BCUT2D eigenvalue weighted by molar-refractivity contribution is 5.25. The molecule has 2 N–H and O–H groups in total. The van der Waals surface area contributed by atoms with E-state index >= 15 is 0 Å². The highest BCUT2D eigenvalue weighted by Crippen LogP contribution is 2.67. The fourth-order valence-electron chi connectivity index (χ4n) is 8.58. The summed E-state index contributed by atoms with van der Waals surface area (Å²) in [5, 5.41) is 21.2. The monoisotopic (exact) mass is 402 g/mol. The third-order valence-corrected chi connectivity index (χ3v) is 10.4. The van der Waals surface area contributed by atoms with Crippen LogP contribution in [0.1, 0.15) is 98.8 Å². The van der Waals surface area contributed by atoms with Crippen LogP contribution in [0.15, 0.2) is 11.6 Å². The van der Waals surface area contributed by atoms with E-state index in [1.807, 2.05) is 0 Å². The molecule has 2 heteroatoms. The maximum absolute atomic E-state index is 11.0. The molecule has 166 valence electrons. The van der Waals surface area contributed by atoms with Crippen LogP contribution in [0.5, 0.6) is 0 Å². The number of hydrogen-bond acceptors (Lipinski definition) is 2. The van der Waals surface area contributed by atoms with Crippen LogP contribution in [0.2, 0.25) is 0 Å². The van der Waals surface area contributed by atoms with Crippen molar-refractivity contribution < 1.29 is 10.2 Å². The van der Waals surface area contributed by atoms with Gasteiger partial charge in [0.05, 0.1) is 12.2 Å². The largest absolute Gasteiger partial charge is 0.393 e. The number of hydrogen-bond donors (Lipinski definition) is 2. The second kappa shape index (κ2) is 7.97. The zero-order valence-electron chi connectivity index (χ0n) is 19.7. The average molecular weight is 403 g/mol. The van der Waals surface area contributed by atoms with Crippen LogP contribution in [0, 0.1) is 46.3 Å². The summed E-state index contributed by atoms with van der Waals surface area (Å²) in [5.41, 5.74) is 2.33. The maximum atomic E-state index is 11.0. The minimum Gasteiger partial charge on any atom is -0.393 e. The fraction of sp³-hybridized carbons (Fsp3) is 0.926. The van der Waals surface area contributed by atoms with E-state index in [4.69, 9.17) is 0 Å². The lowest BCUT2D eigenvalue weighted by molar-refractivity contribution is -0.0681. The van der Waals surface area contributed by atoms with E-state index in [0.29, 0.717) is 28.6 Å². The van der Waals surface area contributed by atoms with Gasteiger partial charge in [-0.05, 0) is 111 Å². The Morgan fingerprint density at radius 1 is 1.00 bits per heavy atom. The lowest BCUT2D eigenvalue weighted by Crippen LogP contribution is -2.51. The van der Waals surface area contributed by atoms with E-state index < -0.39 is 0 Å². The third kappa shape index (κ3) is 3.65. The van der Waals surface area contributed by atoms with Gasteiger partial charge in [-0.25, -0.2) is 0 Å². The van der Waals surface area contributed by atoms with Crippen molar-refractivity contribution in [3.63, 3.8) is 0 Å². The Morgan fingerprint density at radius 3 is 2.48 bits per heavy atom. The van der Waals surface area contributed by atoms with E-state index in [0.717, 1.165) is 43.4 Å². The zero-order valence-corrected chi connectivity index (χ0v) is 19.7. The molecular formula is C27H46O2. The predicted octanol–water partition coefficient (Wildman–Crippen LogP) is 6.36. The van der Waals surface area contributed by atoms with Crippen molar-refractivity contribution in [3.05, 3.63) is 11.6 Å². The Hall–Kier alpha value is -0.340. The van der Waals surface area contributed by atoms with E-state index in [1.165, 1.54) is 38.5 Å². The van der Waals surface area contributed by atoms with Crippen LogP contribution in [0.25, 0.3) is 0 Å². The molecule has 0 aromatic rings. The van der Waals surface area contributed by atoms with Crippen LogP contribution in [-0.2, 0) is 0 Å². The van der Waals surface area contributed by atoms with Gasteiger partial charge in [-0.3, -0.25) is 0 Å². The molecule has 0 aliphatic heterocycles. The molecule has 4 aliphatic carbocycles. The molecule has 4 aliphatic rings. The van der Waals surface area contributed by atoms with Crippen LogP contribution in [0.4, 0.5) is 0 Å². The SMILES string of the molecule is CC(C)CC[C@H](O)[C@@H](C)C1CCC2C3CC=C4C[C@@H](O)CC[C@]4(C)C3CC[C@@]21C. The molecule has 4 unspecified atom stereocenters. The normalized spacial score (nSPS) is 46.5. The van der Waals surface area contributed by atoms with Gasteiger partial charge in [0, 0.05) is 0 Å². The summed E-state index contributed by atoms with van der Waals surface area (Å²) in [6.45, 7) is 12.0. The van der Waals surface area contributed by atoms with Gasteiger partial charge in [0.15, 0.2) is 0 Å². The molecule has 0 aromatic heterocycles. The fourth-order valence-corrected chi connectivity index (χ4v) is 8.58. The van der Waals surface area contributed by atoms with Gasteiger partial charge in [-0.1, -0.05) is 46.3 Å². The summed E-state index contributed by atoms with van der Waals surface area (Å²) in [5.74, 6) is 4.25. The molecule has 0 amide bonds. The molecule has 29 heavy (non-hydrogen) atoms. The Bertz CT molecular complexity index is 624. The second-order valence-corrected chi connectivity index (χ2v) is 12.3. The Labute approximate surface area is 179 Å². The lowest BCUT2D eigenvalue weighted by atomic mass is 9.47. The van der Waals surface area contributed by atoms with Gasteiger partial charge >= 0.3 is 0 Å². The maximum Gasteiger partial charge on any atom is 0.0577 e. The first-order chi connectivity index (χ1) is 13.7. The van der Waals surface area contributed by atoms with Crippen molar-refractivity contribution in [1.82, 2.24) is 0 Å². The first-order valence-electron chi connectivity index (χ1n) is 12.7. The third-order valence-electron chi connectivity index (χ3n) is 10.4. The number of aliphatic hydroxyl groups excluding tert-OH is 2. The Kier molecular flexibility index (Phi) is 6.01. The number of rotatable bonds is 5. The van der Waals surface area contributed by atoms with Crippen molar-refractivity contribution in [3.8, 4) is 0 Å². The van der Waals surface area contributed by atoms with Gasteiger partial charge in [0.1, 0.15) is 0 Å². The van der Waals surface area contributed by atoms with E-state index in [-0.39, 0.29) is 12.2 Å². The zero-order chi connectivity index (χ0) is 21.0. The molecule has 0 spiro atoms. The van der Waals surface area contributed by atoms with Gasteiger partial charge in [-0.15, -0.1) is 0 Å². The molecule has 3 fully saturated rings. The summed E-state index contributed by atoms with van der Waals surface area (Å²) >= 11 is 0. The first kappa shape index (κ1) is 21.9. The minimum absolute atomic E-state index is 0.108. The Morgan fingerprint density at radius 2 is 1.76 bits per heavy atom. The lowest BCUT2D eigenvalue weighted by Gasteiger charge is -2.58. The predicted molar refractivity (Wildman–Crippen MR) is 120 cm³/mol. The molecular weight excluding hydrogens is 356 g/mol. The van der Waals surface area contributed by atoms with Crippen molar-refractivity contribution >= 4 is 0 Å². The summed E-state index contributed by atoms with van der Waals surface area (Å²) in [4.78, 5) is 0. The second-order valence-electron chi connectivity index (χ2n) is 12.3. The van der Waals surface area contributed by atoms with Crippen LogP contribution >= 0.6 is 0 Å². The number of allylic oxidation sites excluding steroid dienone is 1. The van der Waals surface area contributed by atoms with Crippen molar-refractivity contribution in [1.29, 1.82) is 0 Å². The molecule has 0 radical (unpaired) electrons. The smallest absolute Gasteiger partial charge is 0.0577 e. The molecule has 0 saturated heterocycles. The van der Waals surface area contributed by atoms with Crippen molar-refractivity contribution in [2.24, 2.45) is 46.3 Å². The van der Waals surface area contributed by atoms with Gasteiger partial charge in [-0.2, -0.15) is 0 Å². The summed E-state index contributed by atoms with van der Waals surface area (Å²) < 4.78 is 0. The number of aliphatic hydroxyl groups is 2. The van der Waals surface area contributed by atoms with Crippen LogP contribution in [0.3, 0.4) is 0 Å². The molecule has 4 rings (SSSR count). The molecule has 3 saturated carbocycles. The highest BCUT2D eigenvalue weighted by atomic mass is 16.3. The van der Waals surface area contributed by atoms with E-state index in [1.54, 1.807) is 5.57 Å². The number of fused-ring (bicyclic) bond motifs is 5. The molecule has 2 nitrogen and oxygen atoms in total. The molecule has 9 atom stereocenters. The van der Waals surface area contributed by atoms with E-state index in [9.17, 15) is 10.2 Å². The molecule has 0 bridgehead atoms. The summed E-state index contributed by atoms with van der Waals surface area (Å²) in [6.07, 6.45) is 14.1. The Balaban J connectivity index is 1.51. The van der Waals surface area contributed by atoms with Gasteiger partial charge in [0.25, 0.3) is 0 Å².